The molecule has 32 heavy (non-hydrogen) atoms. The van der Waals surface area contributed by atoms with Gasteiger partial charge in [0.05, 0.1) is 11.5 Å². The first kappa shape index (κ1) is 25.6. The molecule has 0 saturated carbocycles. The largest absolute Gasteiger partial charge is 0.370 e. The molecule has 2 aromatic rings. The van der Waals surface area contributed by atoms with Gasteiger partial charge in [-0.05, 0) is 35.4 Å². The Bertz CT molecular complexity index is 1020. The van der Waals surface area contributed by atoms with Crippen LogP contribution >= 0.6 is 0 Å². The quantitative estimate of drug-likeness (QED) is 0.511. The van der Waals surface area contributed by atoms with Gasteiger partial charge in [-0.3, -0.25) is 0 Å². The molecule has 2 N–H and O–H groups in total. The summed E-state index contributed by atoms with van der Waals surface area (Å²) in [4.78, 5) is 12.2. The summed E-state index contributed by atoms with van der Waals surface area (Å²) in [6.45, 7) is -1.63. The number of carbonyl (C=O) groups excluding carboxylic acids is 1. The predicted octanol–water partition coefficient (Wildman–Crippen LogP) is 3.68. The van der Waals surface area contributed by atoms with Crippen LogP contribution in [-0.4, -0.2) is 51.8 Å². The van der Waals surface area contributed by atoms with Crippen LogP contribution < -0.4 is 10.6 Å². The van der Waals surface area contributed by atoms with Crippen LogP contribution in [0.15, 0.2) is 53.4 Å². The number of carbonyl (C=O) groups is 1. The zero-order valence-electron chi connectivity index (χ0n) is 17.3. The summed E-state index contributed by atoms with van der Waals surface area (Å²) in [5.41, 5.74) is 1.42. The van der Waals surface area contributed by atoms with E-state index in [9.17, 15) is 30.8 Å². The second-order valence-electron chi connectivity index (χ2n) is 6.99. The van der Waals surface area contributed by atoms with E-state index in [1.165, 1.54) is 38.4 Å². The van der Waals surface area contributed by atoms with Gasteiger partial charge in [0.15, 0.2) is 0 Å². The maximum absolute atomic E-state index is 12.9. The van der Waals surface area contributed by atoms with Gasteiger partial charge < -0.3 is 15.4 Å². The molecule has 176 valence electrons. The van der Waals surface area contributed by atoms with E-state index in [1.807, 2.05) is 0 Å². The first-order valence-electron chi connectivity index (χ1n) is 9.31. The topological polar surface area (TPSA) is 87.7 Å². The Morgan fingerprint density at radius 3 is 2.34 bits per heavy atom. The Kier molecular flexibility index (Phi) is 8.58. The van der Waals surface area contributed by atoms with Crippen LogP contribution in [-0.2, 0) is 27.9 Å². The van der Waals surface area contributed by atoms with E-state index in [1.54, 1.807) is 24.3 Å². The van der Waals surface area contributed by atoms with Crippen LogP contribution in [0.25, 0.3) is 0 Å². The lowest BCUT2D eigenvalue weighted by atomic mass is 10.2. The zero-order chi connectivity index (χ0) is 23.9. The van der Waals surface area contributed by atoms with Crippen LogP contribution in [0, 0.1) is 0 Å². The Hall–Kier alpha value is -2.70. The smallest absolute Gasteiger partial charge is 0.330 e. The van der Waals surface area contributed by atoms with E-state index in [-0.39, 0.29) is 18.0 Å². The van der Waals surface area contributed by atoms with Crippen molar-refractivity contribution in [1.82, 2.24) is 9.62 Å². The number of benzene rings is 2. The summed E-state index contributed by atoms with van der Waals surface area (Å²) in [5, 5.41) is 5.15. The second-order valence-corrected chi connectivity index (χ2v) is 9.15. The molecule has 0 aliphatic heterocycles. The number of ether oxygens (including phenoxy) is 1. The molecule has 0 bridgehead atoms. The minimum absolute atomic E-state index is 0.125. The molecular formula is C20H23F4N3O4S. The molecule has 2 amide bonds. The van der Waals surface area contributed by atoms with E-state index in [0.29, 0.717) is 16.8 Å². The van der Waals surface area contributed by atoms with Crippen molar-refractivity contribution >= 4 is 21.7 Å². The fraction of sp³-hybridized carbons (Fsp3) is 0.350. The van der Waals surface area contributed by atoms with Gasteiger partial charge in [-0.2, -0.15) is 8.78 Å². The highest BCUT2D eigenvalue weighted by atomic mass is 32.2. The Balaban J connectivity index is 1.86. The number of amides is 2. The number of hydrogen-bond donors (Lipinski definition) is 2. The van der Waals surface area contributed by atoms with Gasteiger partial charge in [-0.15, -0.1) is 0 Å². The molecule has 0 unspecified atom stereocenters. The van der Waals surface area contributed by atoms with E-state index in [4.69, 9.17) is 0 Å². The summed E-state index contributed by atoms with van der Waals surface area (Å²) in [7, 11) is -0.693. The van der Waals surface area contributed by atoms with E-state index in [0.717, 1.165) is 4.31 Å². The highest BCUT2D eigenvalue weighted by Crippen LogP contribution is 2.23. The number of halogens is 4. The molecule has 2 aromatic carbocycles. The number of sulfonamides is 1. The fourth-order valence-electron chi connectivity index (χ4n) is 2.45. The van der Waals surface area contributed by atoms with Gasteiger partial charge in [0.2, 0.25) is 10.0 Å². The molecule has 2 rings (SSSR count). The van der Waals surface area contributed by atoms with Crippen molar-refractivity contribution in [2.45, 2.75) is 30.4 Å². The third kappa shape index (κ3) is 7.18. The SMILES string of the molecule is CN(C)S(=O)(=O)c1ccc(CNC(=O)Nc2cccc(COCC(F)(F)C(F)F)c2)cc1. The van der Waals surface area contributed by atoms with Crippen molar-refractivity contribution in [2.24, 2.45) is 0 Å². The predicted molar refractivity (Wildman–Crippen MR) is 110 cm³/mol. The Morgan fingerprint density at radius 1 is 1.09 bits per heavy atom. The molecule has 0 atom stereocenters. The van der Waals surface area contributed by atoms with Crippen LogP contribution in [0.1, 0.15) is 11.1 Å². The number of hydrogen-bond acceptors (Lipinski definition) is 4. The third-order valence-electron chi connectivity index (χ3n) is 4.22. The Labute approximate surface area is 183 Å². The van der Waals surface area contributed by atoms with Gasteiger partial charge in [0, 0.05) is 26.3 Å². The summed E-state index contributed by atoms with van der Waals surface area (Å²) in [6.07, 6.45) is -3.81. The van der Waals surface area contributed by atoms with Crippen molar-refractivity contribution in [3.05, 3.63) is 59.7 Å². The van der Waals surface area contributed by atoms with Crippen molar-refractivity contribution in [3.63, 3.8) is 0 Å². The molecule has 0 saturated heterocycles. The maximum Gasteiger partial charge on any atom is 0.330 e. The minimum Gasteiger partial charge on any atom is -0.370 e. The van der Waals surface area contributed by atoms with Gasteiger partial charge >= 0.3 is 18.4 Å². The fourth-order valence-corrected chi connectivity index (χ4v) is 3.36. The molecule has 0 aliphatic rings. The van der Waals surface area contributed by atoms with Crippen LogP contribution in [0.3, 0.4) is 0 Å². The van der Waals surface area contributed by atoms with Gasteiger partial charge in [-0.25, -0.2) is 26.3 Å². The van der Waals surface area contributed by atoms with Crippen molar-refractivity contribution in [3.8, 4) is 0 Å². The molecule has 0 aromatic heterocycles. The Morgan fingerprint density at radius 2 is 1.75 bits per heavy atom. The summed E-state index contributed by atoms with van der Waals surface area (Å²) >= 11 is 0. The lowest BCUT2D eigenvalue weighted by molar-refractivity contribution is -0.168. The summed E-state index contributed by atoms with van der Waals surface area (Å²) < 4.78 is 79.9. The third-order valence-corrected chi connectivity index (χ3v) is 6.05. The molecular weight excluding hydrogens is 454 g/mol. The zero-order valence-corrected chi connectivity index (χ0v) is 18.1. The van der Waals surface area contributed by atoms with Crippen LogP contribution in [0.2, 0.25) is 0 Å². The molecule has 0 aliphatic carbocycles. The second kappa shape index (κ2) is 10.7. The van der Waals surface area contributed by atoms with Crippen molar-refractivity contribution in [2.75, 3.05) is 26.0 Å². The number of rotatable bonds is 10. The molecule has 0 fully saturated rings. The van der Waals surface area contributed by atoms with Gasteiger partial charge in [-0.1, -0.05) is 24.3 Å². The molecule has 0 radical (unpaired) electrons. The molecule has 7 nitrogen and oxygen atoms in total. The average Bonchev–Trinajstić information content (AvgIpc) is 2.72. The standard InChI is InChI=1S/C20H23F4N3O4S/c1-27(2)32(29,30)17-8-6-14(7-9-17)11-25-19(28)26-16-5-3-4-15(10-16)12-31-13-20(23,24)18(21)22/h3-10,18H,11-13H2,1-2H3,(H2,25,26,28). The van der Waals surface area contributed by atoms with Crippen LogP contribution in [0.5, 0.6) is 0 Å². The molecule has 0 heterocycles. The minimum atomic E-state index is -4.23. The molecule has 0 spiro atoms. The monoisotopic (exact) mass is 477 g/mol. The van der Waals surface area contributed by atoms with Crippen molar-refractivity contribution < 1.29 is 35.5 Å². The highest BCUT2D eigenvalue weighted by molar-refractivity contribution is 7.89. The van der Waals surface area contributed by atoms with E-state index >= 15 is 0 Å². The highest BCUT2D eigenvalue weighted by Gasteiger charge is 2.40. The van der Waals surface area contributed by atoms with Gasteiger partial charge in [0.25, 0.3) is 0 Å². The first-order valence-corrected chi connectivity index (χ1v) is 10.7. The lowest BCUT2D eigenvalue weighted by Crippen LogP contribution is -2.32. The number of nitrogens with one attached hydrogen (secondary N) is 2. The average molecular weight is 477 g/mol. The summed E-state index contributed by atoms with van der Waals surface area (Å²) in [5.74, 6) is -4.23. The number of alkyl halides is 4. The molecule has 12 heteroatoms. The van der Waals surface area contributed by atoms with Gasteiger partial charge in [0.1, 0.15) is 6.61 Å². The first-order chi connectivity index (χ1) is 14.9. The van der Waals surface area contributed by atoms with Crippen LogP contribution in [0.4, 0.5) is 28.0 Å². The van der Waals surface area contributed by atoms with E-state index in [2.05, 4.69) is 15.4 Å². The van der Waals surface area contributed by atoms with E-state index < -0.39 is 35.0 Å². The lowest BCUT2D eigenvalue weighted by Gasteiger charge is -2.15. The summed E-state index contributed by atoms with van der Waals surface area (Å²) in [6, 6.07) is 11.6. The number of urea groups is 1. The van der Waals surface area contributed by atoms with Crippen molar-refractivity contribution in [1.29, 1.82) is 0 Å². The number of nitrogens with zero attached hydrogens (tertiary/aromatic N) is 1. The maximum atomic E-state index is 12.9. The number of anilines is 1. The normalized spacial score (nSPS) is 12.2.